The summed E-state index contributed by atoms with van der Waals surface area (Å²) in [5, 5.41) is 3.98. The molecule has 0 aliphatic heterocycles. The summed E-state index contributed by atoms with van der Waals surface area (Å²) in [4.78, 5) is 0. The SMILES string of the molecule is CC1CCCC(NC2CCc3cc(Br)ccc3C2)C1C. The molecule has 1 aromatic rings. The third-order valence-electron chi connectivity index (χ3n) is 5.55. The van der Waals surface area contributed by atoms with Gasteiger partial charge >= 0.3 is 0 Å². The molecule has 2 heteroatoms. The largest absolute Gasteiger partial charge is 0.311 e. The van der Waals surface area contributed by atoms with E-state index in [1.807, 2.05) is 0 Å². The Morgan fingerprint density at radius 1 is 1.10 bits per heavy atom. The van der Waals surface area contributed by atoms with Gasteiger partial charge in [-0.25, -0.2) is 0 Å². The maximum Gasteiger partial charge on any atom is 0.0178 e. The zero-order valence-electron chi connectivity index (χ0n) is 12.7. The molecule has 4 atom stereocenters. The normalized spacial score (nSPS) is 33.8. The van der Waals surface area contributed by atoms with Crippen molar-refractivity contribution in [2.24, 2.45) is 11.8 Å². The molecule has 0 heterocycles. The van der Waals surface area contributed by atoms with Crippen LogP contribution in [0.25, 0.3) is 0 Å². The summed E-state index contributed by atoms with van der Waals surface area (Å²) in [6.45, 7) is 4.86. The summed E-state index contributed by atoms with van der Waals surface area (Å²) in [5.74, 6) is 1.71. The third kappa shape index (κ3) is 3.12. The van der Waals surface area contributed by atoms with Gasteiger partial charge in [-0.1, -0.05) is 48.7 Å². The van der Waals surface area contributed by atoms with Crippen LogP contribution in [0.15, 0.2) is 22.7 Å². The average molecular weight is 336 g/mol. The van der Waals surface area contributed by atoms with E-state index in [9.17, 15) is 0 Å². The summed E-state index contributed by atoms with van der Waals surface area (Å²) < 4.78 is 1.22. The second-order valence-electron chi connectivity index (χ2n) is 6.89. The van der Waals surface area contributed by atoms with E-state index in [2.05, 4.69) is 53.3 Å². The predicted molar refractivity (Wildman–Crippen MR) is 89.1 cm³/mol. The van der Waals surface area contributed by atoms with Crippen molar-refractivity contribution in [2.45, 2.75) is 64.5 Å². The molecule has 0 spiro atoms. The fourth-order valence-corrected chi connectivity index (χ4v) is 4.39. The van der Waals surface area contributed by atoms with Crippen LogP contribution in [-0.4, -0.2) is 12.1 Å². The Bertz CT molecular complexity index is 470. The molecular weight excluding hydrogens is 310 g/mol. The van der Waals surface area contributed by atoms with Gasteiger partial charge < -0.3 is 5.32 Å². The van der Waals surface area contributed by atoms with Gasteiger partial charge in [-0.15, -0.1) is 0 Å². The van der Waals surface area contributed by atoms with Gasteiger partial charge in [0.15, 0.2) is 0 Å². The number of hydrogen-bond acceptors (Lipinski definition) is 1. The number of fused-ring (bicyclic) bond motifs is 1. The molecule has 3 rings (SSSR count). The second-order valence-corrected chi connectivity index (χ2v) is 7.81. The number of nitrogens with one attached hydrogen (secondary N) is 1. The van der Waals surface area contributed by atoms with Gasteiger partial charge in [0.1, 0.15) is 0 Å². The van der Waals surface area contributed by atoms with Crippen LogP contribution in [0.1, 0.15) is 50.7 Å². The molecule has 1 N–H and O–H groups in total. The summed E-state index contributed by atoms with van der Waals surface area (Å²) in [7, 11) is 0. The maximum atomic E-state index is 3.98. The zero-order chi connectivity index (χ0) is 14.1. The molecule has 4 unspecified atom stereocenters. The van der Waals surface area contributed by atoms with E-state index in [0.717, 1.165) is 17.9 Å². The first-order valence-electron chi connectivity index (χ1n) is 8.17. The highest BCUT2D eigenvalue weighted by Crippen LogP contribution is 2.31. The minimum Gasteiger partial charge on any atom is -0.311 e. The molecule has 20 heavy (non-hydrogen) atoms. The van der Waals surface area contributed by atoms with E-state index in [1.165, 1.54) is 43.0 Å². The molecule has 0 radical (unpaired) electrons. The second kappa shape index (κ2) is 6.19. The Morgan fingerprint density at radius 3 is 2.80 bits per heavy atom. The summed E-state index contributed by atoms with van der Waals surface area (Å²) in [6.07, 6.45) is 7.92. The van der Waals surface area contributed by atoms with Crippen LogP contribution in [0, 0.1) is 11.8 Å². The molecular formula is C18H26BrN. The zero-order valence-corrected chi connectivity index (χ0v) is 14.2. The van der Waals surface area contributed by atoms with Crippen LogP contribution in [0.4, 0.5) is 0 Å². The smallest absolute Gasteiger partial charge is 0.0178 e. The first-order valence-corrected chi connectivity index (χ1v) is 8.96. The monoisotopic (exact) mass is 335 g/mol. The quantitative estimate of drug-likeness (QED) is 0.824. The van der Waals surface area contributed by atoms with Crippen LogP contribution in [0.3, 0.4) is 0 Å². The molecule has 2 aliphatic rings. The van der Waals surface area contributed by atoms with Crippen molar-refractivity contribution < 1.29 is 0 Å². The highest BCUT2D eigenvalue weighted by atomic mass is 79.9. The lowest BCUT2D eigenvalue weighted by Crippen LogP contribution is -2.47. The molecule has 0 aromatic heterocycles. The van der Waals surface area contributed by atoms with E-state index in [4.69, 9.17) is 0 Å². The molecule has 1 fully saturated rings. The molecule has 2 aliphatic carbocycles. The first-order chi connectivity index (χ1) is 9.63. The Balaban J connectivity index is 1.64. The van der Waals surface area contributed by atoms with Gasteiger partial charge in [0, 0.05) is 16.6 Å². The van der Waals surface area contributed by atoms with Crippen LogP contribution >= 0.6 is 15.9 Å². The van der Waals surface area contributed by atoms with Crippen molar-refractivity contribution in [1.82, 2.24) is 5.32 Å². The number of halogens is 1. The maximum absolute atomic E-state index is 3.98. The highest BCUT2D eigenvalue weighted by Gasteiger charge is 2.29. The molecule has 0 bridgehead atoms. The van der Waals surface area contributed by atoms with Crippen molar-refractivity contribution in [3.05, 3.63) is 33.8 Å². The van der Waals surface area contributed by atoms with Crippen LogP contribution < -0.4 is 5.32 Å². The van der Waals surface area contributed by atoms with E-state index in [1.54, 1.807) is 11.1 Å². The van der Waals surface area contributed by atoms with E-state index in [-0.39, 0.29) is 0 Å². The fourth-order valence-electron chi connectivity index (χ4n) is 3.99. The fraction of sp³-hybridized carbons (Fsp3) is 0.667. The minimum absolute atomic E-state index is 0.682. The minimum atomic E-state index is 0.682. The third-order valence-corrected chi connectivity index (χ3v) is 6.05. The molecule has 1 aromatic carbocycles. The lowest BCUT2D eigenvalue weighted by molar-refractivity contribution is 0.189. The predicted octanol–water partition coefficient (Wildman–Crippen LogP) is 4.72. The van der Waals surface area contributed by atoms with Crippen molar-refractivity contribution in [2.75, 3.05) is 0 Å². The van der Waals surface area contributed by atoms with E-state index in [0.29, 0.717) is 6.04 Å². The average Bonchev–Trinajstić information content (AvgIpc) is 2.44. The van der Waals surface area contributed by atoms with Crippen molar-refractivity contribution in [1.29, 1.82) is 0 Å². The molecule has 0 saturated heterocycles. The number of rotatable bonds is 2. The van der Waals surface area contributed by atoms with Gasteiger partial charge in [-0.05, 0) is 60.8 Å². The molecule has 110 valence electrons. The summed E-state index contributed by atoms with van der Waals surface area (Å²) in [6, 6.07) is 8.21. The van der Waals surface area contributed by atoms with Crippen molar-refractivity contribution >= 4 is 15.9 Å². The summed E-state index contributed by atoms with van der Waals surface area (Å²) >= 11 is 3.58. The molecule has 1 saturated carbocycles. The molecule has 0 amide bonds. The van der Waals surface area contributed by atoms with Gasteiger partial charge in [-0.2, -0.15) is 0 Å². The van der Waals surface area contributed by atoms with Gasteiger partial charge in [0.05, 0.1) is 0 Å². The van der Waals surface area contributed by atoms with E-state index < -0.39 is 0 Å². The van der Waals surface area contributed by atoms with Crippen LogP contribution in [0.5, 0.6) is 0 Å². The van der Waals surface area contributed by atoms with Gasteiger partial charge in [-0.3, -0.25) is 0 Å². The topological polar surface area (TPSA) is 12.0 Å². The number of hydrogen-bond donors (Lipinski definition) is 1. The lowest BCUT2D eigenvalue weighted by atomic mass is 9.77. The summed E-state index contributed by atoms with van der Waals surface area (Å²) in [5.41, 5.74) is 3.09. The standard InChI is InChI=1S/C18H26BrN/c1-12-4-3-5-18(13(12)2)20-17-9-7-14-10-16(19)8-6-15(14)11-17/h6,8,10,12-13,17-18,20H,3-5,7,9,11H2,1-2H3. The van der Waals surface area contributed by atoms with Crippen LogP contribution in [-0.2, 0) is 12.8 Å². The van der Waals surface area contributed by atoms with Crippen molar-refractivity contribution in [3.63, 3.8) is 0 Å². The van der Waals surface area contributed by atoms with E-state index >= 15 is 0 Å². The Labute approximate surface area is 131 Å². The highest BCUT2D eigenvalue weighted by molar-refractivity contribution is 9.10. The lowest BCUT2D eigenvalue weighted by Gasteiger charge is -2.38. The van der Waals surface area contributed by atoms with Crippen molar-refractivity contribution in [3.8, 4) is 0 Å². The van der Waals surface area contributed by atoms with Gasteiger partial charge in [0.25, 0.3) is 0 Å². The van der Waals surface area contributed by atoms with Crippen LogP contribution in [0.2, 0.25) is 0 Å². The first kappa shape index (κ1) is 14.6. The van der Waals surface area contributed by atoms with Gasteiger partial charge in [0.2, 0.25) is 0 Å². The Hall–Kier alpha value is -0.340. The molecule has 1 nitrogen and oxygen atoms in total. The Morgan fingerprint density at radius 2 is 1.95 bits per heavy atom. The number of aryl methyl sites for hydroxylation is 1. The Kier molecular flexibility index (Phi) is 4.52. The number of benzene rings is 1.